The average Bonchev–Trinajstić information content (AvgIpc) is 2.38. The van der Waals surface area contributed by atoms with Crippen molar-refractivity contribution in [3.63, 3.8) is 0 Å². The Morgan fingerprint density at radius 1 is 1.22 bits per heavy atom. The third-order valence-corrected chi connectivity index (χ3v) is 3.70. The number of alkyl halides is 1. The molecular weight excluding hydrogens is 281 g/mol. The minimum Gasteiger partial charge on any atom is -0.466 e. The molecule has 1 atom stereocenters. The number of rotatable bonds is 2. The summed E-state index contributed by atoms with van der Waals surface area (Å²) in [6.45, 7) is 1.61. The molecule has 0 saturated heterocycles. The van der Waals surface area contributed by atoms with Gasteiger partial charge in [-0.3, -0.25) is 0 Å². The summed E-state index contributed by atoms with van der Waals surface area (Å²) in [7, 11) is 4.04. The summed E-state index contributed by atoms with van der Waals surface area (Å²) in [6.07, 6.45) is 0. The minimum absolute atomic E-state index is 0.0235. The highest BCUT2D eigenvalue weighted by atomic mass is 35.5. The van der Waals surface area contributed by atoms with Gasteiger partial charge in [-0.2, -0.15) is 0 Å². The maximum absolute atomic E-state index is 11.7. The van der Waals surface area contributed by atoms with Gasteiger partial charge in [-0.05, 0) is 12.5 Å². The largest absolute Gasteiger partial charge is 0.466 e. The van der Waals surface area contributed by atoms with E-state index in [0.29, 0.717) is 5.57 Å². The molecule has 100 valence electrons. The fourth-order valence-electron chi connectivity index (χ4n) is 1.66. The van der Waals surface area contributed by atoms with E-state index in [0.717, 1.165) is 0 Å². The number of hydrogen-bond donors (Lipinski definition) is 0. The van der Waals surface area contributed by atoms with Crippen LogP contribution in [0.2, 0.25) is 0 Å². The Labute approximate surface area is 115 Å². The zero-order chi connectivity index (χ0) is 14.0. The van der Waals surface area contributed by atoms with Gasteiger partial charge in [-0.1, -0.05) is 23.2 Å². The van der Waals surface area contributed by atoms with Crippen LogP contribution in [0.3, 0.4) is 0 Å². The summed E-state index contributed by atoms with van der Waals surface area (Å²) >= 11 is 12.2. The first kappa shape index (κ1) is 14.9. The minimum atomic E-state index is -0.886. The molecule has 5 nitrogen and oxygen atoms in total. The third kappa shape index (κ3) is 2.33. The van der Waals surface area contributed by atoms with Crippen molar-refractivity contribution in [1.82, 2.24) is 4.90 Å². The summed E-state index contributed by atoms with van der Waals surface area (Å²) in [5.74, 6) is -1.37. The van der Waals surface area contributed by atoms with Gasteiger partial charge in [0.15, 0.2) is 0 Å². The second-order valence-electron chi connectivity index (χ2n) is 3.63. The highest BCUT2D eigenvalue weighted by molar-refractivity contribution is 6.33. The molecule has 1 aliphatic heterocycles. The number of halogens is 2. The lowest BCUT2D eigenvalue weighted by Crippen LogP contribution is -2.37. The first-order valence-electron chi connectivity index (χ1n) is 5.01. The lowest BCUT2D eigenvalue weighted by molar-refractivity contribution is -0.139. The van der Waals surface area contributed by atoms with Crippen molar-refractivity contribution in [3.8, 4) is 0 Å². The lowest BCUT2D eigenvalue weighted by atomic mass is 9.98. The maximum atomic E-state index is 11.7. The summed E-state index contributed by atoms with van der Waals surface area (Å²) < 4.78 is 9.28. The molecule has 0 spiro atoms. The predicted molar refractivity (Wildman–Crippen MR) is 67.0 cm³/mol. The van der Waals surface area contributed by atoms with Gasteiger partial charge in [0.05, 0.1) is 25.4 Å². The number of hydrogen-bond acceptors (Lipinski definition) is 5. The van der Waals surface area contributed by atoms with Gasteiger partial charge in [0.25, 0.3) is 0 Å². The van der Waals surface area contributed by atoms with E-state index in [1.165, 1.54) is 19.1 Å². The molecule has 18 heavy (non-hydrogen) atoms. The van der Waals surface area contributed by atoms with E-state index in [2.05, 4.69) is 9.47 Å². The summed E-state index contributed by atoms with van der Waals surface area (Å²) in [5.41, 5.74) is -0.395. The molecule has 0 bridgehead atoms. The van der Waals surface area contributed by atoms with Crippen LogP contribution in [0.4, 0.5) is 0 Å². The quantitative estimate of drug-likeness (QED) is 0.440. The van der Waals surface area contributed by atoms with Crippen LogP contribution in [-0.4, -0.2) is 43.6 Å². The van der Waals surface area contributed by atoms with E-state index in [-0.39, 0.29) is 16.3 Å². The van der Waals surface area contributed by atoms with Crippen molar-refractivity contribution in [3.05, 3.63) is 21.9 Å². The van der Waals surface area contributed by atoms with Crippen LogP contribution in [0, 0.1) is 0 Å². The molecular formula is C11H13Cl2NO4. The smallest absolute Gasteiger partial charge is 0.338 e. The van der Waals surface area contributed by atoms with Crippen molar-refractivity contribution in [2.45, 2.75) is 12.4 Å². The molecule has 0 amide bonds. The average molecular weight is 294 g/mol. The number of carbonyl (C=O) groups excluding carboxylic acids is 2. The number of nitrogens with zero attached hydrogens (tertiary/aromatic N) is 1. The van der Waals surface area contributed by atoms with Crippen LogP contribution in [0.15, 0.2) is 21.9 Å². The molecule has 1 aliphatic rings. The molecule has 0 radical (unpaired) electrons. The van der Waals surface area contributed by atoms with Gasteiger partial charge in [0.2, 0.25) is 0 Å². The Balaban J connectivity index is 3.51. The van der Waals surface area contributed by atoms with Crippen LogP contribution in [0.1, 0.15) is 6.92 Å². The van der Waals surface area contributed by atoms with Crippen LogP contribution in [0.5, 0.6) is 0 Å². The maximum Gasteiger partial charge on any atom is 0.338 e. The first-order valence-corrected chi connectivity index (χ1v) is 5.82. The van der Waals surface area contributed by atoms with Crippen molar-refractivity contribution >= 4 is 35.1 Å². The van der Waals surface area contributed by atoms with Crippen molar-refractivity contribution < 1.29 is 19.1 Å². The molecule has 0 aromatic rings. The van der Waals surface area contributed by atoms with Gasteiger partial charge >= 0.3 is 11.9 Å². The fourth-order valence-corrected chi connectivity index (χ4v) is 2.19. The number of ether oxygens (including phenoxy) is 2. The monoisotopic (exact) mass is 293 g/mol. The Morgan fingerprint density at radius 2 is 1.72 bits per heavy atom. The van der Waals surface area contributed by atoms with Crippen LogP contribution in [0.25, 0.3) is 0 Å². The second kappa shape index (κ2) is 5.63. The molecule has 0 aliphatic carbocycles. The van der Waals surface area contributed by atoms with E-state index in [9.17, 15) is 9.59 Å². The van der Waals surface area contributed by atoms with Crippen molar-refractivity contribution in [2.24, 2.45) is 0 Å². The van der Waals surface area contributed by atoms with Crippen LogP contribution >= 0.6 is 23.2 Å². The van der Waals surface area contributed by atoms with E-state index in [1.54, 1.807) is 14.0 Å². The zero-order valence-corrected chi connectivity index (χ0v) is 11.9. The fraction of sp³-hybridized carbons (Fsp3) is 0.455. The Hall–Kier alpha value is -1.20. The normalized spacial score (nSPS) is 20.1. The lowest BCUT2D eigenvalue weighted by Gasteiger charge is -2.32. The molecule has 0 saturated carbocycles. The Morgan fingerprint density at radius 3 is 2.17 bits per heavy atom. The van der Waals surface area contributed by atoms with E-state index >= 15 is 0 Å². The van der Waals surface area contributed by atoms with Crippen LogP contribution in [-0.2, 0) is 19.1 Å². The summed E-state index contributed by atoms with van der Waals surface area (Å²) in [4.78, 5) is 25.0. The zero-order valence-electron chi connectivity index (χ0n) is 10.4. The Kier molecular flexibility index (Phi) is 4.65. The van der Waals surface area contributed by atoms with Gasteiger partial charge in [-0.25, -0.2) is 9.59 Å². The highest BCUT2D eigenvalue weighted by Gasteiger charge is 2.37. The van der Waals surface area contributed by atoms with E-state index in [1.807, 2.05) is 0 Å². The van der Waals surface area contributed by atoms with Crippen LogP contribution < -0.4 is 0 Å². The Bertz CT molecular complexity index is 456. The van der Waals surface area contributed by atoms with E-state index in [4.69, 9.17) is 23.2 Å². The molecule has 1 rings (SSSR count). The second-order valence-corrected chi connectivity index (χ2v) is 4.41. The van der Waals surface area contributed by atoms with Crippen molar-refractivity contribution in [2.75, 3.05) is 21.3 Å². The third-order valence-electron chi connectivity index (χ3n) is 2.64. The molecule has 1 heterocycles. The molecule has 0 fully saturated rings. The van der Waals surface area contributed by atoms with E-state index < -0.39 is 17.4 Å². The van der Waals surface area contributed by atoms with Crippen molar-refractivity contribution in [1.29, 1.82) is 0 Å². The predicted octanol–water partition coefficient (Wildman–Crippen LogP) is 1.61. The molecule has 1 unspecified atom stereocenters. The van der Waals surface area contributed by atoms with Gasteiger partial charge < -0.3 is 14.4 Å². The molecule has 7 heteroatoms. The standard InChI is InChI=1S/C11H13Cl2NO4/c1-5-6(10(15)17-3)7(11(16)18-4)9(13)14(2)8(5)12/h9H,1-4H3. The number of carbonyl (C=O) groups is 2. The number of likely N-dealkylation sites (N-methyl/N-ethyl adjacent to an activating group) is 1. The summed E-state index contributed by atoms with van der Waals surface area (Å²) in [6, 6.07) is 0. The SMILES string of the molecule is COC(=O)C1=C(C(=O)OC)C(Cl)N(C)C(Cl)=C1C. The van der Waals surface area contributed by atoms with Gasteiger partial charge in [-0.15, -0.1) is 0 Å². The number of esters is 2. The van der Waals surface area contributed by atoms with Gasteiger partial charge in [0.1, 0.15) is 10.7 Å². The van der Waals surface area contributed by atoms with Gasteiger partial charge in [0, 0.05) is 7.05 Å². The molecule has 0 aromatic heterocycles. The topological polar surface area (TPSA) is 55.8 Å². The first-order chi connectivity index (χ1) is 8.36. The highest BCUT2D eigenvalue weighted by Crippen LogP contribution is 2.35. The summed E-state index contributed by atoms with van der Waals surface area (Å²) in [5, 5.41) is 0.281. The molecule has 0 aromatic carbocycles. The molecule has 0 N–H and O–H groups in total. The number of methoxy groups -OCH3 is 2.